The molecule has 1 aliphatic heterocycles. The minimum absolute atomic E-state index is 0.0304. The molecule has 2 N–H and O–H groups in total. The number of carbonyl (C=O) groups excluding carboxylic acids is 1. The van der Waals surface area contributed by atoms with Gasteiger partial charge in [-0.15, -0.1) is 11.3 Å². The topological polar surface area (TPSA) is 49.3 Å². The van der Waals surface area contributed by atoms with Crippen LogP contribution < -0.4 is 10.6 Å². The molecule has 0 bridgehead atoms. The van der Waals surface area contributed by atoms with Gasteiger partial charge in [0.05, 0.1) is 6.04 Å². The first-order chi connectivity index (χ1) is 15.0. The maximum absolute atomic E-state index is 12.9. The predicted octanol–water partition coefficient (Wildman–Crippen LogP) is 5.81. The zero-order chi connectivity index (χ0) is 22.0. The Bertz CT molecular complexity index is 1050. The van der Waals surface area contributed by atoms with Crippen molar-refractivity contribution >= 4 is 23.1 Å². The normalized spacial score (nSPS) is 14.8. The average molecular weight is 437 g/mol. The quantitative estimate of drug-likeness (QED) is 0.512. The highest BCUT2D eigenvalue weighted by molar-refractivity contribution is 7.15. The van der Waals surface area contributed by atoms with Gasteiger partial charge in [-0.25, -0.2) is 4.79 Å². The molecular weight excluding hydrogens is 404 g/mol. The van der Waals surface area contributed by atoms with E-state index in [1.54, 1.807) is 0 Å². The molecule has 4 rings (SSSR count). The maximum atomic E-state index is 12.9. The number of hydrogen-bond acceptors (Lipinski definition) is 3. The van der Waals surface area contributed by atoms with Gasteiger partial charge in [-0.05, 0) is 74.2 Å². The molecule has 1 aliphatic rings. The summed E-state index contributed by atoms with van der Waals surface area (Å²) < 4.78 is 2.19. The minimum Gasteiger partial charge on any atom is -0.331 e. The Kier molecular flexibility index (Phi) is 6.49. The number of urea groups is 1. The second-order valence-corrected chi connectivity index (χ2v) is 9.37. The second kappa shape index (κ2) is 9.28. The molecule has 6 heteroatoms. The van der Waals surface area contributed by atoms with Gasteiger partial charge in [0.15, 0.2) is 0 Å². The fourth-order valence-corrected chi connectivity index (χ4v) is 5.70. The summed E-state index contributed by atoms with van der Waals surface area (Å²) in [5, 5.41) is 7.51. The van der Waals surface area contributed by atoms with E-state index in [1.165, 1.54) is 32.1 Å². The Morgan fingerprint density at radius 3 is 2.61 bits per heavy atom. The van der Waals surface area contributed by atoms with E-state index in [0.717, 1.165) is 38.2 Å². The number of aryl methyl sites for hydroxylation is 2. The van der Waals surface area contributed by atoms with Crippen molar-refractivity contribution in [1.29, 1.82) is 0 Å². The highest BCUT2D eigenvalue weighted by Crippen LogP contribution is 2.40. The van der Waals surface area contributed by atoms with Crippen LogP contribution in [0.2, 0.25) is 0 Å². The zero-order valence-electron chi connectivity index (χ0n) is 18.9. The van der Waals surface area contributed by atoms with Crippen LogP contribution in [0.4, 0.5) is 10.5 Å². The molecule has 3 aromatic rings. The molecule has 0 saturated carbocycles. The molecule has 0 saturated heterocycles. The van der Waals surface area contributed by atoms with E-state index in [9.17, 15) is 4.79 Å². The summed E-state index contributed by atoms with van der Waals surface area (Å²) >= 11 is 1.87. The Morgan fingerprint density at radius 2 is 1.94 bits per heavy atom. The van der Waals surface area contributed by atoms with Crippen molar-refractivity contribution < 1.29 is 4.79 Å². The molecule has 0 spiro atoms. The van der Waals surface area contributed by atoms with Crippen LogP contribution >= 0.6 is 11.3 Å². The number of carbonyl (C=O) groups is 1. The lowest BCUT2D eigenvalue weighted by Gasteiger charge is -2.27. The van der Waals surface area contributed by atoms with Gasteiger partial charge < -0.3 is 15.2 Å². The standard InChI is InChI=1S/C25H32N4OS/c1-5-21(27-25(30)26-19-10-9-17(3)18(4)15-19)23-20-11-14-28(6-2)16-22(20)31-24(23)29-12-7-8-13-29/h7-10,12-13,15,21H,5-6,11,14,16H2,1-4H3,(H2,26,27,30). The third kappa shape index (κ3) is 4.55. The summed E-state index contributed by atoms with van der Waals surface area (Å²) in [5.41, 5.74) is 5.93. The lowest BCUT2D eigenvalue weighted by atomic mass is 9.96. The fourth-order valence-electron chi connectivity index (χ4n) is 4.28. The summed E-state index contributed by atoms with van der Waals surface area (Å²) in [4.78, 5) is 16.8. The Hall–Kier alpha value is -2.57. The number of hydrogen-bond donors (Lipinski definition) is 2. The summed E-state index contributed by atoms with van der Waals surface area (Å²) in [7, 11) is 0. The van der Waals surface area contributed by atoms with Crippen LogP contribution in [0.1, 0.15) is 53.4 Å². The second-order valence-electron chi connectivity index (χ2n) is 8.29. The lowest BCUT2D eigenvalue weighted by Crippen LogP contribution is -2.34. The molecule has 1 atom stereocenters. The molecule has 1 aromatic carbocycles. The number of fused-ring (bicyclic) bond motifs is 1. The average Bonchev–Trinajstić information content (AvgIpc) is 3.42. The number of likely N-dealkylation sites (N-methyl/N-ethyl adjacent to an activating group) is 1. The van der Waals surface area contributed by atoms with Gasteiger partial charge in [0.1, 0.15) is 5.00 Å². The van der Waals surface area contributed by atoms with Crippen LogP contribution in [0.25, 0.3) is 5.00 Å². The van der Waals surface area contributed by atoms with Crippen molar-refractivity contribution in [1.82, 2.24) is 14.8 Å². The van der Waals surface area contributed by atoms with Crippen LogP contribution in [0.5, 0.6) is 0 Å². The van der Waals surface area contributed by atoms with Crippen LogP contribution in [0.3, 0.4) is 0 Å². The molecule has 2 aromatic heterocycles. The van der Waals surface area contributed by atoms with Crippen LogP contribution in [-0.4, -0.2) is 28.6 Å². The third-order valence-corrected chi connectivity index (χ3v) is 7.52. The summed E-state index contributed by atoms with van der Waals surface area (Å²) in [6.45, 7) is 11.6. The van der Waals surface area contributed by atoms with Crippen LogP contribution in [0.15, 0.2) is 42.7 Å². The van der Waals surface area contributed by atoms with Gasteiger partial charge >= 0.3 is 6.03 Å². The zero-order valence-corrected chi connectivity index (χ0v) is 19.7. The van der Waals surface area contributed by atoms with E-state index in [1.807, 2.05) is 29.5 Å². The highest BCUT2D eigenvalue weighted by atomic mass is 32.1. The van der Waals surface area contributed by atoms with Crippen molar-refractivity contribution in [3.63, 3.8) is 0 Å². The van der Waals surface area contributed by atoms with Crippen LogP contribution in [0, 0.1) is 13.8 Å². The largest absolute Gasteiger partial charge is 0.331 e. The number of benzene rings is 1. The number of amides is 2. The number of anilines is 1. The molecule has 0 aliphatic carbocycles. The van der Waals surface area contributed by atoms with Gasteiger partial charge in [0.25, 0.3) is 0 Å². The summed E-state index contributed by atoms with van der Waals surface area (Å²) in [6.07, 6.45) is 6.07. The van der Waals surface area contributed by atoms with Gasteiger partial charge in [0, 0.05) is 41.6 Å². The summed E-state index contributed by atoms with van der Waals surface area (Å²) in [5.74, 6) is 0. The van der Waals surface area contributed by atoms with E-state index in [0.29, 0.717) is 0 Å². The van der Waals surface area contributed by atoms with E-state index in [2.05, 4.69) is 72.3 Å². The third-order valence-electron chi connectivity index (χ3n) is 6.27. The number of aromatic nitrogens is 1. The Balaban J connectivity index is 1.62. The van der Waals surface area contributed by atoms with E-state index >= 15 is 0 Å². The molecule has 31 heavy (non-hydrogen) atoms. The van der Waals surface area contributed by atoms with Crippen molar-refractivity contribution in [3.05, 3.63) is 69.9 Å². The van der Waals surface area contributed by atoms with Gasteiger partial charge in [-0.2, -0.15) is 0 Å². The van der Waals surface area contributed by atoms with Crippen molar-refractivity contribution in [3.8, 4) is 5.00 Å². The number of nitrogens with zero attached hydrogens (tertiary/aromatic N) is 2. The predicted molar refractivity (Wildman–Crippen MR) is 129 cm³/mol. The van der Waals surface area contributed by atoms with Gasteiger partial charge in [-0.3, -0.25) is 4.90 Å². The monoisotopic (exact) mass is 436 g/mol. The molecule has 2 amide bonds. The summed E-state index contributed by atoms with van der Waals surface area (Å²) in [6, 6.07) is 9.95. The first-order valence-corrected chi connectivity index (χ1v) is 12.0. The number of rotatable bonds is 6. The SMILES string of the molecule is CCC(NC(=O)Nc1ccc(C)c(C)c1)c1c(-n2cccc2)sc2c1CCN(CC)C2. The first-order valence-electron chi connectivity index (χ1n) is 11.1. The van der Waals surface area contributed by atoms with E-state index in [-0.39, 0.29) is 12.1 Å². The molecule has 0 fully saturated rings. The fraction of sp³-hybridized carbons (Fsp3) is 0.400. The van der Waals surface area contributed by atoms with Crippen molar-refractivity contribution in [2.75, 3.05) is 18.4 Å². The number of thiophene rings is 1. The van der Waals surface area contributed by atoms with Gasteiger partial charge in [0.2, 0.25) is 0 Å². The Labute approximate surface area is 189 Å². The lowest BCUT2D eigenvalue weighted by molar-refractivity contribution is 0.247. The van der Waals surface area contributed by atoms with Crippen molar-refractivity contribution in [2.45, 2.75) is 53.1 Å². The molecular formula is C25H32N4OS. The number of nitrogens with one attached hydrogen (secondary N) is 2. The van der Waals surface area contributed by atoms with Crippen LogP contribution in [-0.2, 0) is 13.0 Å². The molecule has 0 radical (unpaired) electrons. The highest BCUT2D eigenvalue weighted by Gasteiger charge is 2.29. The molecule has 3 heterocycles. The first kappa shape index (κ1) is 21.7. The van der Waals surface area contributed by atoms with Crippen molar-refractivity contribution in [2.24, 2.45) is 0 Å². The van der Waals surface area contributed by atoms with E-state index < -0.39 is 0 Å². The molecule has 1 unspecified atom stereocenters. The minimum atomic E-state index is -0.153. The Morgan fingerprint density at radius 1 is 1.16 bits per heavy atom. The molecule has 164 valence electrons. The maximum Gasteiger partial charge on any atom is 0.319 e. The molecule has 5 nitrogen and oxygen atoms in total. The van der Waals surface area contributed by atoms with E-state index in [4.69, 9.17) is 0 Å². The smallest absolute Gasteiger partial charge is 0.319 e. The van der Waals surface area contributed by atoms with Gasteiger partial charge in [-0.1, -0.05) is 19.9 Å².